The SMILES string of the molecule is CCN1C(=S)NC(c2ccc(NC(=O)CCCl)cc2)C(C(=O)OCC(C)C)=C1C. The van der Waals surface area contributed by atoms with Crippen LogP contribution in [0.2, 0.25) is 0 Å². The quantitative estimate of drug-likeness (QED) is 0.364. The number of ether oxygens (including phenoxy) is 1. The van der Waals surface area contributed by atoms with Gasteiger partial charge in [0.2, 0.25) is 5.91 Å². The molecule has 0 radical (unpaired) electrons. The van der Waals surface area contributed by atoms with Crippen LogP contribution in [0.1, 0.15) is 45.7 Å². The van der Waals surface area contributed by atoms with Crippen LogP contribution in [0, 0.1) is 5.92 Å². The molecule has 29 heavy (non-hydrogen) atoms. The van der Waals surface area contributed by atoms with Gasteiger partial charge in [0.25, 0.3) is 0 Å². The van der Waals surface area contributed by atoms with Crippen LogP contribution < -0.4 is 10.6 Å². The molecule has 0 bridgehead atoms. The van der Waals surface area contributed by atoms with Gasteiger partial charge >= 0.3 is 5.97 Å². The van der Waals surface area contributed by atoms with Crippen molar-refractivity contribution in [3.05, 3.63) is 41.1 Å². The fourth-order valence-corrected chi connectivity index (χ4v) is 3.62. The highest BCUT2D eigenvalue weighted by Crippen LogP contribution is 2.32. The number of amides is 1. The fraction of sp³-hybridized carbons (Fsp3) is 0.476. The Kier molecular flexibility index (Phi) is 8.46. The van der Waals surface area contributed by atoms with Gasteiger partial charge in [-0.3, -0.25) is 4.79 Å². The first-order valence-electron chi connectivity index (χ1n) is 9.70. The van der Waals surface area contributed by atoms with Gasteiger partial charge in [0.1, 0.15) is 0 Å². The van der Waals surface area contributed by atoms with E-state index in [-0.39, 0.29) is 30.1 Å². The molecule has 2 N–H and O–H groups in total. The van der Waals surface area contributed by atoms with Crippen molar-refractivity contribution < 1.29 is 14.3 Å². The van der Waals surface area contributed by atoms with E-state index in [1.165, 1.54) is 0 Å². The lowest BCUT2D eigenvalue weighted by atomic mass is 9.94. The van der Waals surface area contributed by atoms with Crippen LogP contribution in [0.4, 0.5) is 5.69 Å². The molecule has 0 spiro atoms. The average Bonchev–Trinajstić information content (AvgIpc) is 2.66. The average molecular weight is 438 g/mol. The predicted octanol–water partition coefficient (Wildman–Crippen LogP) is 3.98. The van der Waals surface area contributed by atoms with E-state index in [9.17, 15) is 9.59 Å². The number of nitrogens with zero attached hydrogens (tertiary/aromatic N) is 1. The number of anilines is 1. The van der Waals surface area contributed by atoms with Crippen LogP contribution in [0.5, 0.6) is 0 Å². The zero-order chi connectivity index (χ0) is 21.6. The molecule has 0 aromatic heterocycles. The van der Waals surface area contributed by atoms with Crippen LogP contribution in [-0.4, -0.2) is 40.9 Å². The summed E-state index contributed by atoms with van der Waals surface area (Å²) in [6.07, 6.45) is 0.252. The van der Waals surface area contributed by atoms with Crippen molar-refractivity contribution in [1.82, 2.24) is 10.2 Å². The molecular formula is C21H28ClN3O3S. The van der Waals surface area contributed by atoms with E-state index >= 15 is 0 Å². The van der Waals surface area contributed by atoms with Crippen LogP contribution in [0.25, 0.3) is 0 Å². The topological polar surface area (TPSA) is 70.7 Å². The van der Waals surface area contributed by atoms with Gasteiger partial charge in [-0.05, 0) is 49.7 Å². The van der Waals surface area contributed by atoms with Crippen LogP contribution in [-0.2, 0) is 14.3 Å². The number of carbonyl (C=O) groups is 2. The Hall–Kier alpha value is -2.12. The van der Waals surface area contributed by atoms with Gasteiger partial charge in [-0.15, -0.1) is 11.6 Å². The highest BCUT2D eigenvalue weighted by Gasteiger charge is 2.34. The first kappa shape index (κ1) is 23.2. The van der Waals surface area contributed by atoms with E-state index < -0.39 is 6.04 Å². The van der Waals surface area contributed by atoms with Gasteiger partial charge in [-0.2, -0.15) is 0 Å². The molecule has 1 amide bonds. The molecule has 0 aliphatic carbocycles. The minimum atomic E-state index is -0.419. The number of rotatable bonds is 8. The maximum absolute atomic E-state index is 12.9. The molecular weight excluding hydrogens is 410 g/mol. The van der Waals surface area contributed by atoms with E-state index in [0.29, 0.717) is 29.5 Å². The predicted molar refractivity (Wildman–Crippen MR) is 120 cm³/mol. The summed E-state index contributed by atoms with van der Waals surface area (Å²) in [5.74, 6) is 0.0213. The number of benzene rings is 1. The Morgan fingerprint density at radius 3 is 2.52 bits per heavy atom. The van der Waals surface area contributed by atoms with Crippen molar-refractivity contribution in [3.8, 4) is 0 Å². The number of alkyl halides is 1. The third-order valence-corrected chi connectivity index (χ3v) is 5.06. The number of thiocarbonyl (C=S) groups is 1. The van der Waals surface area contributed by atoms with Gasteiger partial charge in [0, 0.05) is 30.2 Å². The molecule has 0 saturated heterocycles. The maximum atomic E-state index is 12.9. The fourth-order valence-electron chi connectivity index (χ4n) is 3.06. The Balaban J connectivity index is 2.32. The molecule has 1 aromatic carbocycles. The molecule has 1 atom stereocenters. The van der Waals surface area contributed by atoms with Gasteiger partial charge in [0.15, 0.2) is 5.11 Å². The number of carbonyl (C=O) groups excluding carboxylic acids is 2. The Bertz CT molecular complexity index is 793. The second-order valence-corrected chi connectivity index (χ2v) is 7.99. The van der Waals surface area contributed by atoms with Crippen LogP contribution in [0.3, 0.4) is 0 Å². The van der Waals surface area contributed by atoms with Gasteiger partial charge in [0.05, 0.1) is 18.2 Å². The summed E-state index contributed by atoms with van der Waals surface area (Å²) in [4.78, 5) is 26.5. The van der Waals surface area contributed by atoms with Crippen molar-refractivity contribution in [2.75, 3.05) is 24.3 Å². The van der Waals surface area contributed by atoms with E-state index in [4.69, 9.17) is 28.6 Å². The van der Waals surface area contributed by atoms with Crippen molar-refractivity contribution in [3.63, 3.8) is 0 Å². The van der Waals surface area contributed by atoms with E-state index in [0.717, 1.165) is 11.3 Å². The number of hydrogen-bond donors (Lipinski definition) is 2. The summed E-state index contributed by atoms with van der Waals surface area (Å²) in [5.41, 5.74) is 2.85. The van der Waals surface area contributed by atoms with E-state index in [1.54, 1.807) is 12.1 Å². The third-order valence-electron chi connectivity index (χ3n) is 4.53. The summed E-state index contributed by atoms with van der Waals surface area (Å²) >= 11 is 11.1. The zero-order valence-corrected chi connectivity index (χ0v) is 18.8. The summed E-state index contributed by atoms with van der Waals surface area (Å²) in [7, 11) is 0. The smallest absolute Gasteiger partial charge is 0.338 e. The highest BCUT2D eigenvalue weighted by atomic mass is 35.5. The van der Waals surface area contributed by atoms with Gasteiger partial charge in [-0.25, -0.2) is 4.79 Å². The molecule has 1 heterocycles. The Morgan fingerprint density at radius 1 is 1.31 bits per heavy atom. The lowest BCUT2D eigenvalue weighted by Gasteiger charge is -2.37. The summed E-state index contributed by atoms with van der Waals surface area (Å²) < 4.78 is 5.52. The molecule has 1 aliphatic rings. The molecule has 1 aromatic rings. The first-order valence-corrected chi connectivity index (χ1v) is 10.6. The molecule has 6 nitrogen and oxygen atoms in total. The van der Waals surface area contributed by atoms with Crippen molar-refractivity contribution >= 4 is 46.5 Å². The van der Waals surface area contributed by atoms with E-state index in [1.807, 2.05) is 44.7 Å². The minimum absolute atomic E-state index is 0.142. The Morgan fingerprint density at radius 2 is 1.97 bits per heavy atom. The number of allylic oxidation sites excluding steroid dienone is 1. The molecule has 1 unspecified atom stereocenters. The summed E-state index contributed by atoms with van der Waals surface area (Å²) in [5, 5.41) is 6.61. The Labute approximate surface area is 182 Å². The van der Waals surface area contributed by atoms with Crippen LogP contribution >= 0.6 is 23.8 Å². The normalized spacial score (nSPS) is 16.7. The zero-order valence-electron chi connectivity index (χ0n) is 17.3. The minimum Gasteiger partial charge on any atom is -0.462 e. The summed E-state index contributed by atoms with van der Waals surface area (Å²) in [6.45, 7) is 8.86. The first-order chi connectivity index (χ1) is 13.8. The largest absolute Gasteiger partial charge is 0.462 e. The standard InChI is InChI=1S/C21H28ClN3O3S/c1-5-25-14(4)18(20(27)28-12-13(2)3)19(24-21(25)29)15-6-8-16(9-7-15)23-17(26)10-11-22/h6-9,13,19H,5,10-12H2,1-4H3,(H,23,26)(H,24,29). The highest BCUT2D eigenvalue weighted by molar-refractivity contribution is 7.80. The molecule has 2 rings (SSSR count). The third kappa shape index (κ3) is 5.93. The molecule has 0 fully saturated rings. The van der Waals surface area contributed by atoms with Gasteiger partial charge < -0.3 is 20.3 Å². The second-order valence-electron chi connectivity index (χ2n) is 7.23. The molecule has 8 heteroatoms. The second kappa shape index (κ2) is 10.6. The van der Waals surface area contributed by atoms with Crippen molar-refractivity contribution in [1.29, 1.82) is 0 Å². The molecule has 0 saturated carbocycles. The number of hydrogen-bond acceptors (Lipinski definition) is 4. The molecule has 158 valence electrons. The lowest BCUT2D eigenvalue weighted by molar-refractivity contribution is -0.140. The lowest BCUT2D eigenvalue weighted by Crippen LogP contribution is -2.47. The summed E-state index contributed by atoms with van der Waals surface area (Å²) in [6, 6.07) is 6.90. The van der Waals surface area contributed by atoms with Crippen LogP contribution in [0.15, 0.2) is 35.5 Å². The van der Waals surface area contributed by atoms with Crippen molar-refractivity contribution in [2.24, 2.45) is 5.92 Å². The number of esters is 1. The molecule has 1 aliphatic heterocycles. The van der Waals surface area contributed by atoms with Crippen molar-refractivity contribution in [2.45, 2.75) is 40.2 Å². The number of nitrogens with one attached hydrogen (secondary N) is 2. The maximum Gasteiger partial charge on any atom is 0.338 e. The van der Waals surface area contributed by atoms with Gasteiger partial charge in [-0.1, -0.05) is 26.0 Å². The number of halogens is 1. The monoisotopic (exact) mass is 437 g/mol. The van der Waals surface area contributed by atoms with E-state index in [2.05, 4.69) is 10.6 Å².